The van der Waals surface area contributed by atoms with Gasteiger partial charge in [-0.1, -0.05) is 0 Å². The van der Waals surface area contributed by atoms with Crippen LogP contribution >= 0.6 is 0 Å². The second-order valence-electron chi connectivity index (χ2n) is 25.4. The SMILES string of the molecule is CC1(CO)OC(n2cnc3c(F)nc(N)nc32)C(F)C1O.CC1(CO)OC(n2cnc3c(N)[nH]c(=O)nc32)C(F)C1O.CC1(CO)OC(n2cnc3c(N)nc(F)nc32)C(F)C1O.CC1(CO)OC(n2cnc3c(N)nc(N)nc32)C(F)C1O.CC1(CO)OC(n2cnc3c(N)ncnc32)C(F)C1O. The third-order valence-electron chi connectivity index (χ3n) is 18.0. The Morgan fingerprint density at radius 1 is 0.394 bits per heavy atom. The number of alkyl halides is 5. The lowest BCUT2D eigenvalue weighted by Gasteiger charge is -2.24. The summed E-state index contributed by atoms with van der Waals surface area (Å²) in [5, 5.41) is 95.6. The molecule has 564 valence electrons. The highest BCUT2D eigenvalue weighted by atomic mass is 19.2. The van der Waals surface area contributed by atoms with Crippen molar-refractivity contribution in [3.05, 3.63) is 60.5 Å². The minimum atomic E-state index is -1.85. The molecule has 0 radical (unpaired) electrons. The van der Waals surface area contributed by atoms with Gasteiger partial charge in [0, 0.05) is 0 Å². The Morgan fingerprint density at radius 2 is 0.692 bits per heavy atom. The van der Waals surface area contributed by atoms with Gasteiger partial charge in [-0.3, -0.25) is 27.8 Å². The van der Waals surface area contributed by atoms with Crippen LogP contribution in [-0.2, 0) is 23.7 Å². The number of nitrogen functional groups attached to an aromatic ring is 6. The average molecular weight is 1480 g/mol. The maximum absolute atomic E-state index is 14.3. The molecule has 0 spiro atoms. The molecule has 5 aliphatic rings. The van der Waals surface area contributed by atoms with Crippen molar-refractivity contribution in [1.82, 2.24) is 97.6 Å². The van der Waals surface area contributed by atoms with Gasteiger partial charge in [-0.25, -0.2) is 61.6 Å². The van der Waals surface area contributed by atoms with Crippen molar-refractivity contribution in [3.8, 4) is 0 Å². The Bertz CT molecular complexity index is 4580. The van der Waals surface area contributed by atoms with Gasteiger partial charge in [-0.2, -0.15) is 43.7 Å². The van der Waals surface area contributed by atoms with E-state index < -0.39 is 171 Å². The monoisotopic (exact) mass is 1480 g/mol. The Morgan fingerprint density at radius 3 is 1.06 bits per heavy atom. The summed E-state index contributed by atoms with van der Waals surface area (Å²) in [6.07, 6.45) is -16.5. The van der Waals surface area contributed by atoms with E-state index in [1.165, 1.54) is 80.0 Å². The first-order valence-electron chi connectivity index (χ1n) is 30.7. The summed E-state index contributed by atoms with van der Waals surface area (Å²) in [5.74, 6) is -1.29. The normalized spacial score (nSPS) is 33.1. The molecule has 0 saturated carbocycles. The summed E-state index contributed by atoms with van der Waals surface area (Å²) in [5.41, 5.74) is 26.6. The lowest BCUT2D eigenvalue weighted by atomic mass is 9.99. The summed E-state index contributed by atoms with van der Waals surface area (Å²) in [4.78, 5) is 66.5. The molecule has 15 rings (SSSR count). The maximum atomic E-state index is 14.3. The van der Waals surface area contributed by atoms with E-state index in [2.05, 4.69) is 74.8 Å². The number of anilines is 6. The number of hydrogen-bond acceptors (Lipinski definition) is 36. The maximum Gasteiger partial charge on any atom is 0.348 e. The zero-order chi connectivity index (χ0) is 75.9. The van der Waals surface area contributed by atoms with Gasteiger partial charge in [0.15, 0.2) is 119 Å². The fraction of sp³-hybridized carbons (Fsp3) is 0.545. The molecule has 5 saturated heterocycles. The number of aliphatic hydroxyl groups is 10. The van der Waals surface area contributed by atoms with Crippen LogP contribution in [0.25, 0.3) is 55.8 Å². The number of rotatable bonds is 10. The topological polar surface area (TPSA) is 643 Å². The molecule has 0 aliphatic carbocycles. The van der Waals surface area contributed by atoms with Crippen molar-refractivity contribution < 1.29 is 105 Å². The second kappa shape index (κ2) is 28.0. The molecule has 10 aromatic heterocycles. The number of imidazole rings is 5. The smallest absolute Gasteiger partial charge is 0.348 e. The number of nitrogens with two attached hydrogens (primary N) is 6. The lowest BCUT2D eigenvalue weighted by molar-refractivity contribution is -0.115. The molecule has 20 unspecified atom stereocenters. The van der Waals surface area contributed by atoms with Crippen molar-refractivity contribution >= 4 is 91.0 Å². The van der Waals surface area contributed by atoms with E-state index in [-0.39, 0.29) is 79.8 Å². The summed E-state index contributed by atoms with van der Waals surface area (Å²) in [7, 11) is 0. The van der Waals surface area contributed by atoms with Gasteiger partial charge >= 0.3 is 11.8 Å². The second-order valence-corrected chi connectivity index (χ2v) is 25.4. The lowest BCUT2D eigenvalue weighted by Crippen LogP contribution is -2.42. The van der Waals surface area contributed by atoms with Gasteiger partial charge in [0.05, 0.1) is 64.7 Å². The van der Waals surface area contributed by atoms with Crippen molar-refractivity contribution in [2.45, 2.75) is 155 Å². The van der Waals surface area contributed by atoms with Gasteiger partial charge in [0.2, 0.25) is 17.8 Å². The fourth-order valence-corrected chi connectivity index (χ4v) is 11.7. The molecule has 0 aromatic carbocycles. The highest BCUT2D eigenvalue weighted by molar-refractivity contribution is 5.84. The van der Waals surface area contributed by atoms with E-state index in [0.717, 1.165) is 15.5 Å². The summed E-state index contributed by atoms with van der Waals surface area (Å²) in [6.45, 7) is 4.22. The van der Waals surface area contributed by atoms with Crippen molar-refractivity contribution in [2.75, 3.05) is 67.4 Å². The van der Waals surface area contributed by atoms with Gasteiger partial charge in [-0.05, 0) is 34.6 Å². The van der Waals surface area contributed by atoms with Crippen LogP contribution in [0.2, 0.25) is 0 Å². The molecular formula is C55H69F7N26O16. The van der Waals surface area contributed by atoms with Crippen LogP contribution in [0.1, 0.15) is 65.8 Å². The largest absolute Gasteiger partial charge is 0.393 e. The number of aromatic nitrogens is 20. The molecule has 0 bridgehead atoms. The molecule has 23 N–H and O–H groups in total. The van der Waals surface area contributed by atoms with Gasteiger partial charge in [0.25, 0.3) is 0 Å². The van der Waals surface area contributed by atoms with E-state index in [1.807, 2.05) is 0 Å². The third-order valence-corrected chi connectivity index (χ3v) is 18.0. The first-order valence-corrected chi connectivity index (χ1v) is 30.7. The van der Waals surface area contributed by atoms with Crippen LogP contribution < -0.4 is 40.1 Å². The molecule has 5 fully saturated rings. The summed E-state index contributed by atoms with van der Waals surface area (Å²) in [6, 6.07) is 0. The van der Waals surface area contributed by atoms with Gasteiger partial charge < -0.3 is 109 Å². The molecule has 15 heterocycles. The molecular weight excluding hydrogens is 1410 g/mol. The predicted molar refractivity (Wildman–Crippen MR) is 338 cm³/mol. The van der Waals surface area contributed by atoms with Crippen molar-refractivity contribution in [1.29, 1.82) is 0 Å². The molecule has 0 amide bonds. The number of aliphatic hydroxyl groups excluding tert-OH is 10. The van der Waals surface area contributed by atoms with Gasteiger partial charge in [0.1, 0.15) is 87.2 Å². The summed E-state index contributed by atoms with van der Waals surface area (Å²) >= 11 is 0. The standard InChI is InChI=1S/2C11H13F2N5O3.C11H15FN6O3.C11H14FN5O4.C11H14FN5O3/c1-11(2-19)6(20)4(12)9(21-11)18-3-15-5-7(14)16-10(13)17-8(5)18;2*1-11(2-19)6(20)4(12)9(21-11)18-3-15-5-7(13)16-10(14)17-8(5)18;1-11(2-18)6(19)4(12)9(21-11)17-3-14-5-7(13)15-10(20)16-8(5)17;1-11(2-18)7(19)5(12)10(20-11)17-4-16-6-8(13)14-3-15-9(6)17/h2*3-4,6,9,19-20H,2H2,1H3,(H2,14,16,17);3-4,6,9,19-20H,2H2,1H3,(H4,13,14,16,17);3-4,6,9,18-19H,2H2,1H3,(H3,13,15,16,20);3-5,7,10,18-19H,2H2,1H3,(H2,13,14,15). The Hall–Kier alpha value is -9.74. The average Bonchev–Trinajstić information content (AvgIpc) is 1.63. The molecule has 104 heavy (non-hydrogen) atoms. The van der Waals surface area contributed by atoms with Crippen LogP contribution in [-0.4, -0.2) is 271 Å². The van der Waals surface area contributed by atoms with Gasteiger partial charge in [-0.15, -0.1) is 0 Å². The van der Waals surface area contributed by atoms with Crippen molar-refractivity contribution in [3.63, 3.8) is 0 Å². The minimum Gasteiger partial charge on any atom is -0.393 e. The van der Waals surface area contributed by atoms with Crippen molar-refractivity contribution in [2.24, 2.45) is 0 Å². The van der Waals surface area contributed by atoms with E-state index in [4.69, 9.17) is 58.1 Å². The quantitative estimate of drug-likeness (QED) is 0.0353. The number of hydrogen-bond donors (Lipinski definition) is 17. The fourth-order valence-electron chi connectivity index (χ4n) is 11.7. The number of aromatic amines is 1. The molecule has 20 atom stereocenters. The Labute approximate surface area is 575 Å². The first kappa shape index (κ1) is 75.4. The molecule has 49 heteroatoms. The van der Waals surface area contributed by atoms with E-state index >= 15 is 0 Å². The van der Waals surface area contributed by atoms with Crippen LogP contribution in [0.3, 0.4) is 0 Å². The third kappa shape index (κ3) is 13.0. The number of halogens is 7. The number of ether oxygens (including phenoxy) is 5. The van der Waals surface area contributed by atoms with Crippen LogP contribution in [0, 0.1) is 12.0 Å². The summed E-state index contributed by atoms with van der Waals surface area (Å²) < 4.78 is 131. The Kier molecular flexibility index (Phi) is 20.3. The molecule has 5 aliphatic heterocycles. The van der Waals surface area contributed by atoms with E-state index in [1.54, 1.807) is 0 Å². The highest BCUT2D eigenvalue weighted by Crippen LogP contribution is 2.45. The minimum absolute atomic E-state index is 0.00243. The Balaban J connectivity index is 0.000000130. The zero-order valence-corrected chi connectivity index (χ0v) is 54.7. The number of nitrogens with one attached hydrogen (secondary N) is 1. The number of H-pyrrole nitrogens is 1. The van der Waals surface area contributed by atoms with Crippen LogP contribution in [0.5, 0.6) is 0 Å². The molecule has 42 nitrogen and oxygen atoms in total. The molecule has 10 aromatic rings. The highest BCUT2D eigenvalue weighted by Gasteiger charge is 2.58. The van der Waals surface area contributed by atoms with Crippen LogP contribution in [0.15, 0.2) is 42.8 Å². The predicted octanol–water partition coefficient (Wildman–Crippen LogP) is -3.91. The number of fused-ring (bicyclic) bond motifs is 5. The zero-order valence-electron chi connectivity index (χ0n) is 54.7. The first-order chi connectivity index (χ1) is 49.0. The van der Waals surface area contributed by atoms with E-state index in [0.29, 0.717) is 11.2 Å². The number of nitrogens with zero attached hydrogens (tertiary/aromatic N) is 19. The van der Waals surface area contributed by atoms with E-state index in [9.17, 15) is 86.6 Å². The van der Waals surface area contributed by atoms with Crippen LogP contribution in [0.4, 0.5) is 65.9 Å².